The van der Waals surface area contributed by atoms with Crippen molar-refractivity contribution in [2.24, 2.45) is 5.92 Å². The fourth-order valence-corrected chi connectivity index (χ4v) is 3.88. The Morgan fingerprint density at radius 3 is 2.51 bits per heavy atom. The zero-order valence-electron chi connectivity index (χ0n) is 18.7. The average molecular weight is 496 g/mol. The van der Waals surface area contributed by atoms with Crippen LogP contribution < -0.4 is 20.3 Å². The Morgan fingerprint density at radius 1 is 1.06 bits per heavy atom. The lowest BCUT2D eigenvalue weighted by molar-refractivity contribution is -0.126. The van der Waals surface area contributed by atoms with Gasteiger partial charge in [0.2, 0.25) is 11.8 Å². The van der Waals surface area contributed by atoms with E-state index >= 15 is 0 Å². The van der Waals surface area contributed by atoms with Crippen LogP contribution in [0.2, 0.25) is 5.02 Å². The average Bonchev–Trinajstić information content (AvgIpc) is 3.26. The summed E-state index contributed by atoms with van der Waals surface area (Å²) in [4.78, 5) is 38.7. The standard InChI is InChI=1S/C26H23ClFN3O4/c27-22-13-19(6-11-23(22)28)30-24(32)16-35-21-9-7-20(8-10-21)31-15-18(12-25(31)33)26(34)29-14-17-4-2-1-3-5-17/h1-11,13,18H,12,14-16H2,(H,29,34)(H,30,32)/t18-/m1/s1. The van der Waals surface area contributed by atoms with Crippen LogP contribution in [0.1, 0.15) is 12.0 Å². The van der Waals surface area contributed by atoms with Gasteiger partial charge in [-0.1, -0.05) is 41.9 Å². The van der Waals surface area contributed by atoms with Crippen molar-refractivity contribution in [2.45, 2.75) is 13.0 Å². The first-order valence-electron chi connectivity index (χ1n) is 11.0. The van der Waals surface area contributed by atoms with Crippen LogP contribution in [-0.4, -0.2) is 30.9 Å². The molecule has 1 saturated heterocycles. The lowest BCUT2D eigenvalue weighted by atomic mass is 10.1. The lowest BCUT2D eigenvalue weighted by Crippen LogP contribution is -2.32. The number of amides is 3. The minimum atomic E-state index is -0.573. The van der Waals surface area contributed by atoms with Crippen LogP contribution in [0.4, 0.5) is 15.8 Å². The Labute approximate surface area is 206 Å². The van der Waals surface area contributed by atoms with Gasteiger partial charge in [-0.05, 0) is 48.0 Å². The Bertz CT molecular complexity index is 1220. The largest absolute Gasteiger partial charge is 0.484 e. The summed E-state index contributed by atoms with van der Waals surface area (Å²) in [6.07, 6.45) is 0.145. The van der Waals surface area contributed by atoms with E-state index in [0.717, 1.165) is 11.6 Å². The van der Waals surface area contributed by atoms with Gasteiger partial charge in [-0.25, -0.2) is 4.39 Å². The number of hydrogen-bond acceptors (Lipinski definition) is 4. The van der Waals surface area contributed by atoms with E-state index in [-0.39, 0.29) is 29.9 Å². The Morgan fingerprint density at radius 2 is 1.80 bits per heavy atom. The molecule has 1 fully saturated rings. The van der Waals surface area contributed by atoms with E-state index in [1.54, 1.807) is 29.2 Å². The minimum Gasteiger partial charge on any atom is -0.484 e. The Kier molecular flexibility index (Phi) is 7.62. The van der Waals surface area contributed by atoms with Crippen LogP contribution in [0, 0.1) is 11.7 Å². The van der Waals surface area contributed by atoms with E-state index in [2.05, 4.69) is 10.6 Å². The fraction of sp³-hybridized carbons (Fsp3) is 0.192. The van der Waals surface area contributed by atoms with Gasteiger partial charge in [-0.3, -0.25) is 14.4 Å². The number of benzene rings is 3. The highest BCUT2D eigenvalue weighted by atomic mass is 35.5. The number of halogens is 2. The van der Waals surface area contributed by atoms with Gasteiger partial charge in [0.25, 0.3) is 5.91 Å². The predicted octanol–water partition coefficient (Wildman–Crippen LogP) is 4.17. The molecule has 1 heterocycles. The maximum absolute atomic E-state index is 13.2. The summed E-state index contributed by atoms with van der Waals surface area (Å²) in [6.45, 7) is 0.446. The molecular weight excluding hydrogens is 473 g/mol. The number of carbonyl (C=O) groups excluding carboxylic acids is 3. The van der Waals surface area contributed by atoms with E-state index in [0.29, 0.717) is 30.2 Å². The van der Waals surface area contributed by atoms with E-state index in [4.69, 9.17) is 16.3 Å². The summed E-state index contributed by atoms with van der Waals surface area (Å²) in [5.74, 6) is -1.28. The second kappa shape index (κ2) is 11.0. The van der Waals surface area contributed by atoms with Gasteiger partial charge in [-0.15, -0.1) is 0 Å². The molecule has 0 aromatic heterocycles. The summed E-state index contributed by atoms with van der Waals surface area (Å²) in [5.41, 5.74) is 1.99. The minimum absolute atomic E-state index is 0.0910. The third-order valence-corrected chi connectivity index (χ3v) is 5.82. The monoisotopic (exact) mass is 495 g/mol. The first-order chi connectivity index (χ1) is 16.9. The van der Waals surface area contributed by atoms with E-state index in [9.17, 15) is 18.8 Å². The zero-order valence-corrected chi connectivity index (χ0v) is 19.4. The SMILES string of the molecule is O=C(COc1ccc(N2C[C@H](C(=O)NCc3ccccc3)CC2=O)cc1)Nc1ccc(F)c(Cl)c1. The molecule has 0 bridgehead atoms. The maximum Gasteiger partial charge on any atom is 0.262 e. The molecule has 180 valence electrons. The molecule has 0 aliphatic carbocycles. The second-order valence-corrected chi connectivity index (χ2v) is 8.48. The van der Waals surface area contributed by atoms with Crippen LogP contribution in [-0.2, 0) is 20.9 Å². The molecule has 0 saturated carbocycles. The molecule has 0 unspecified atom stereocenters. The van der Waals surface area contributed by atoms with Crippen molar-refractivity contribution >= 4 is 40.7 Å². The normalized spacial score (nSPS) is 15.1. The van der Waals surface area contributed by atoms with Gasteiger partial charge in [0, 0.05) is 30.9 Å². The molecule has 0 spiro atoms. The van der Waals surface area contributed by atoms with Gasteiger partial charge >= 0.3 is 0 Å². The first-order valence-corrected chi connectivity index (χ1v) is 11.4. The van der Waals surface area contributed by atoms with Crippen molar-refractivity contribution in [3.63, 3.8) is 0 Å². The quantitative estimate of drug-likeness (QED) is 0.491. The molecule has 3 aromatic rings. The molecule has 3 aromatic carbocycles. The lowest BCUT2D eigenvalue weighted by Gasteiger charge is -2.17. The Hall–Kier alpha value is -3.91. The third kappa shape index (κ3) is 6.36. The van der Waals surface area contributed by atoms with Crippen LogP contribution in [0.5, 0.6) is 5.75 Å². The zero-order chi connectivity index (χ0) is 24.8. The van der Waals surface area contributed by atoms with Gasteiger partial charge in [-0.2, -0.15) is 0 Å². The third-order valence-electron chi connectivity index (χ3n) is 5.53. The van der Waals surface area contributed by atoms with Gasteiger partial charge in [0.1, 0.15) is 11.6 Å². The molecule has 35 heavy (non-hydrogen) atoms. The molecule has 9 heteroatoms. The van der Waals surface area contributed by atoms with Crippen molar-refractivity contribution < 1.29 is 23.5 Å². The van der Waals surface area contributed by atoms with Crippen molar-refractivity contribution in [1.29, 1.82) is 0 Å². The van der Waals surface area contributed by atoms with Crippen molar-refractivity contribution in [3.8, 4) is 5.75 Å². The van der Waals surface area contributed by atoms with Crippen molar-refractivity contribution in [2.75, 3.05) is 23.4 Å². The number of rotatable bonds is 8. The second-order valence-electron chi connectivity index (χ2n) is 8.07. The topological polar surface area (TPSA) is 87.7 Å². The smallest absolute Gasteiger partial charge is 0.262 e. The Balaban J connectivity index is 1.27. The van der Waals surface area contributed by atoms with Gasteiger partial charge < -0.3 is 20.3 Å². The molecule has 7 nitrogen and oxygen atoms in total. The molecule has 2 N–H and O–H groups in total. The maximum atomic E-state index is 13.2. The highest BCUT2D eigenvalue weighted by molar-refractivity contribution is 6.31. The molecular formula is C26H23ClFN3O4. The van der Waals surface area contributed by atoms with Crippen LogP contribution in [0.3, 0.4) is 0 Å². The van der Waals surface area contributed by atoms with Crippen molar-refractivity contribution in [3.05, 3.63) is 89.2 Å². The molecule has 3 amide bonds. The van der Waals surface area contributed by atoms with Crippen LogP contribution in [0.25, 0.3) is 0 Å². The number of nitrogens with zero attached hydrogens (tertiary/aromatic N) is 1. The molecule has 0 radical (unpaired) electrons. The number of nitrogens with one attached hydrogen (secondary N) is 2. The fourth-order valence-electron chi connectivity index (χ4n) is 3.70. The number of anilines is 2. The molecule has 1 aliphatic heterocycles. The number of hydrogen-bond donors (Lipinski definition) is 2. The summed E-state index contributed by atoms with van der Waals surface area (Å²) >= 11 is 5.71. The highest BCUT2D eigenvalue weighted by Crippen LogP contribution is 2.27. The highest BCUT2D eigenvalue weighted by Gasteiger charge is 2.35. The predicted molar refractivity (Wildman–Crippen MR) is 131 cm³/mol. The van der Waals surface area contributed by atoms with E-state index in [1.165, 1.54) is 12.1 Å². The van der Waals surface area contributed by atoms with Crippen LogP contribution in [0.15, 0.2) is 72.8 Å². The summed E-state index contributed by atoms with van der Waals surface area (Å²) < 4.78 is 18.7. The van der Waals surface area contributed by atoms with E-state index in [1.807, 2.05) is 30.3 Å². The summed E-state index contributed by atoms with van der Waals surface area (Å²) in [5, 5.41) is 5.37. The molecule has 1 aliphatic rings. The van der Waals surface area contributed by atoms with Gasteiger partial charge in [0.15, 0.2) is 6.61 Å². The number of carbonyl (C=O) groups is 3. The summed E-state index contributed by atoms with van der Waals surface area (Å²) in [6, 6.07) is 20.2. The number of ether oxygens (including phenoxy) is 1. The summed E-state index contributed by atoms with van der Waals surface area (Å²) in [7, 11) is 0. The van der Waals surface area contributed by atoms with Gasteiger partial charge in [0.05, 0.1) is 10.9 Å². The van der Waals surface area contributed by atoms with Crippen molar-refractivity contribution in [1.82, 2.24) is 5.32 Å². The van der Waals surface area contributed by atoms with E-state index < -0.39 is 17.6 Å². The van der Waals surface area contributed by atoms with Crippen LogP contribution >= 0.6 is 11.6 Å². The molecule has 4 rings (SSSR count). The molecule has 1 atom stereocenters. The first kappa shape index (κ1) is 24.2.